The smallest absolute Gasteiger partial charge is 0.123 e. The topological polar surface area (TPSA) is 40.5 Å². The molecule has 3 rings (SSSR count). The van der Waals surface area contributed by atoms with E-state index in [4.69, 9.17) is 0 Å². The number of aryl methyl sites for hydroxylation is 1. The van der Waals surface area contributed by atoms with Gasteiger partial charge in [0.15, 0.2) is 0 Å². The summed E-state index contributed by atoms with van der Waals surface area (Å²) in [5.74, 6) is 0.858. The zero-order valence-corrected chi connectivity index (χ0v) is 15.7. The highest BCUT2D eigenvalue weighted by Gasteiger charge is 2.13. The Morgan fingerprint density at radius 3 is 2.68 bits per heavy atom. The number of aliphatic hydroxyl groups is 1. The summed E-state index contributed by atoms with van der Waals surface area (Å²) in [6, 6.07) is 12.1. The second-order valence-electron chi connectivity index (χ2n) is 6.76. The molecule has 0 aromatic heterocycles. The van der Waals surface area contributed by atoms with E-state index in [0.717, 1.165) is 34.6 Å². The van der Waals surface area contributed by atoms with Gasteiger partial charge in [0.25, 0.3) is 0 Å². The minimum atomic E-state index is -0.508. The molecule has 3 unspecified atom stereocenters. The first-order chi connectivity index (χ1) is 12.0. The lowest BCUT2D eigenvalue weighted by atomic mass is 9.93. The third-order valence-corrected chi connectivity index (χ3v) is 5.95. The first-order valence-corrected chi connectivity index (χ1v) is 9.74. The van der Waals surface area contributed by atoms with Crippen molar-refractivity contribution in [3.8, 4) is 5.75 Å². The van der Waals surface area contributed by atoms with Crippen LogP contribution in [0.2, 0.25) is 0 Å². The Morgan fingerprint density at radius 2 is 1.96 bits per heavy atom. The van der Waals surface area contributed by atoms with Crippen LogP contribution >= 0.6 is 8.58 Å². The molecule has 3 heteroatoms. The first-order valence-electron chi connectivity index (χ1n) is 8.74. The van der Waals surface area contributed by atoms with Crippen LogP contribution in [0.3, 0.4) is 0 Å². The molecule has 2 aromatic carbocycles. The molecule has 3 atom stereocenters. The molecule has 0 bridgehead atoms. The van der Waals surface area contributed by atoms with Crippen LogP contribution in [0.4, 0.5) is 0 Å². The lowest BCUT2D eigenvalue weighted by molar-refractivity contribution is 0.200. The van der Waals surface area contributed by atoms with Crippen molar-refractivity contribution in [1.82, 2.24) is 0 Å². The molecular weight excluding hydrogens is 327 g/mol. The quantitative estimate of drug-likeness (QED) is 0.797. The Balaban J connectivity index is 1.84. The maximum Gasteiger partial charge on any atom is 0.123 e. The summed E-state index contributed by atoms with van der Waals surface area (Å²) in [5, 5.41) is 22.4. The fourth-order valence-electron chi connectivity index (χ4n) is 3.18. The van der Waals surface area contributed by atoms with Crippen molar-refractivity contribution in [2.45, 2.75) is 32.8 Å². The predicted octanol–water partition coefficient (Wildman–Crippen LogP) is 4.06. The van der Waals surface area contributed by atoms with Gasteiger partial charge in [0.1, 0.15) is 5.75 Å². The highest BCUT2D eigenvalue weighted by molar-refractivity contribution is 7.55. The molecule has 25 heavy (non-hydrogen) atoms. The van der Waals surface area contributed by atoms with Gasteiger partial charge in [-0.05, 0) is 61.2 Å². The Kier molecular flexibility index (Phi) is 5.73. The van der Waals surface area contributed by atoms with Crippen LogP contribution in [-0.2, 0) is 6.42 Å². The van der Waals surface area contributed by atoms with E-state index in [1.54, 1.807) is 13.0 Å². The number of allylic oxidation sites excluding steroid dienone is 4. The zero-order valence-electron chi connectivity index (χ0n) is 14.7. The second-order valence-corrected chi connectivity index (χ2v) is 8.08. The van der Waals surface area contributed by atoms with Crippen molar-refractivity contribution in [3.05, 3.63) is 77.4 Å². The van der Waals surface area contributed by atoms with E-state index in [9.17, 15) is 10.2 Å². The monoisotopic (exact) mass is 352 g/mol. The lowest BCUT2D eigenvalue weighted by Crippen LogP contribution is -2.13. The number of phenols is 1. The molecule has 1 aliphatic carbocycles. The number of hydrogen-bond donors (Lipinski definition) is 2. The summed E-state index contributed by atoms with van der Waals surface area (Å²) < 4.78 is 0. The van der Waals surface area contributed by atoms with Gasteiger partial charge in [0.2, 0.25) is 0 Å². The molecular formula is C22H25O2P. The Hall–Kier alpha value is -1.89. The minimum Gasteiger partial charge on any atom is -0.507 e. The highest BCUT2D eigenvalue weighted by atomic mass is 31.1. The van der Waals surface area contributed by atoms with Crippen LogP contribution in [-0.4, -0.2) is 10.2 Å². The van der Waals surface area contributed by atoms with Crippen molar-refractivity contribution in [2.24, 2.45) is 5.92 Å². The molecule has 2 N–H and O–H groups in total. The minimum absolute atomic E-state index is 0.330. The number of aromatic hydroxyl groups is 1. The number of phenolic OH excluding ortho intramolecular Hbond substituents is 1. The zero-order chi connectivity index (χ0) is 17.8. The van der Waals surface area contributed by atoms with Gasteiger partial charge in [0.05, 0.1) is 6.10 Å². The molecule has 0 spiro atoms. The van der Waals surface area contributed by atoms with Crippen LogP contribution in [0, 0.1) is 12.8 Å². The maximum absolute atomic E-state index is 10.3. The Bertz CT molecular complexity index is 806. The lowest BCUT2D eigenvalue weighted by Gasteiger charge is -2.16. The van der Waals surface area contributed by atoms with Crippen molar-refractivity contribution < 1.29 is 10.2 Å². The summed E-state index contributed by atoms with van der Waals surface area (Å²) in [6.07, 6.45) is 10.2. The van der Waals surface area contributed by atoms with E-state index in [1.165, 1.54) is 5.56 Å². The van der Waals surface area contributed by atoms with E-state index in [2.05, 4.69) is 42.5 Å². The second kappa shape index (κ2) is 7.99. The van der Waals surface area contributed by atoms with Gasteiger partial charge >= 0.3 is 0 Å². The van der Waals surface area contributed by atoms with Crippen molar-refractivity contribution in [1.29, 1.82) is 0 Å². The van der Waals surface area contributed by atoms with Gasteiger partial charge in [0, 0.05) is 5.30 Å². The molecule has 130 valence electrons. The fourth-order valence-corrected chi connectivity index (χ4v) is 4.53. The standard InChI is InChI=1S/C22H25O2P/c1-15-8-11-21(19(12-15)16(2)23)25-22-14-18(9-10-20(22)24)13-17-6-4-3-5-7-17/h3-6,8-12,14,16-17,23-25H,7,13H2,1-2H3. The van der Waals surface area contributed by atoms with Crippen LogP contribution in [0.15, 0.2) is 60.7 Å². The van der Waals surface area contributed by atoms with E-state index >= 15 is 0 Å². The number of rotatable bonds is 5. The average molecular weight is 352 g/mol. The van der Waals surface area contributed by atoms with Gasteiger partial charge in [-0.15, -0.1) is 0 Å². The van der Waals surface area contributed by atoms with E-state index in [-0.39, 0.29) is 0 Å². The number of benzene rings is 2. The molecule has 0 saturated carbocycles. The van der Waals surface area contributed by atoms with Gasteiger partial charge in [-0.2, -0.15) is 0 Å². The third kappa shape index (κ3) is 4.60. The molecule has 1 aliphatic rings. The van der Waals surface area contributed by atoms with Crippen molar-refractivity contribution in [2.75, 3.05) is 0 Å². The van der Waals surface area contributed by atoms with Crippen LogP contribution in [0.5, 0.6) is 5.75 Å². The summed E-state index contributed by atoms with van der Waals surface area (Å²) in [4.78, 5) is 0. The first kappa shape index (κ1) is 17.9. The predicted molar refractivity (Wildman–Crippen MR) is 108 cm³/mol. The SMILES string of the molecule is Cc1ccc(Pc2cc(CC3C=CC=CC3)ccc2O)c(C(C)O)c1. The fraction of sp³-hybridized carbons (Fsp3) is 0.273. The highest BCUT2D eigenvalue weighted by Crippen LogP contribution is 2.26. The van der Waals surface area contributed by atoms with Crippen LogP contribution in [0.25, 0.3) is 0 Å². The molecule has 0 amide bonds. The molecule has 0 radical (unpaired) electrons. The van der Waals surface area contributed by atoms with E-state index < -0.39 is 6.10 Å². The van der Waals surface area contributed by atoms with Gasteiger partial charge in [-0.3, -0.25) is 0 Å². The summed E-state index contributed by atoms with van der Waals surface area (Å²) in [5.41, 5.74) is 3.33. The summed E-state index contributed by atoms with van der Waals surface area (Å²) >= 11 is 0. The molecule has 0 aliphatic heterocycles. The average Bonchev–Trinajstić information content (AvgIpc) is 2.60. The van der Waals surface area contributed by atoms with Crippen LogP contribution in [0.1, 0.15) is 36.1 Å². The van der Waals surface area contributed by atoms with Gasteiger partial charge < -0.3 is 10.2 Å². The molecule has 2 nitrogen and oxygen atoms in total. The summed E-state index contributed by atoms with van der Waals surface area (Å²) in [6.45, 7) is 3.82. The summed E-state index contributed by atoms with van der Waals surface area (Å²) in [7, 11) is 0.330. The van der Waals surface area contributed by atoms with Crippen LogP contribution < -0.4 is 10.6 Å². The normalized spacial score (nSPS) is 18.1. The van der Waals surface area contributed by atoms with E-state index in [1.807, 2.05) is 19.1 Å². The molecule has 0 saturated heterocycles. The van der Waals surface area contributed by atoms with E-state index in [0.29, 0.717) is 20.2 Å². The molecule has 0 fully saturated rings. The largest absolute Gasteiger partial charge is 0.507 e. The number of hydrogen-bond acceptors (Lipinski definition) is 2. The van der Waals surface area contributed by atoms with Crippen molar-refractivity contribution >= 4 is 19.2 Å². The maximum atomic E-state index is 10.3. The van der Waals surface area contributed by atoms with Gasteiger partial charge in [-0.25, -0.2) is 0 Å². The van der Waals surface area contributed by atoms with Gasteiger partial charge in [-0.1, -0.05) is 62.7 Å². The number of aliphatic hydroxyl groups excluding tert-OH is 1. The molecule has 0 heterocycles. The van der Waals surface area contributed by atoms with Crippen molar-refractivity contribution in [3.63, 3.8) is 0 Å². The Labute approximate surface area is 151 Å². The molecule has 2 aromatic rings. The Morgan fingerprint density at radius 1 is 1.12 bits per heavy atom. The third-order valence-electron chi connectivity index (χ3n) is 4.55.